The summed E-state index contributed by atoms with van der Waals surface area (Å²) in [5.74, 6) is 3.57. The highest BCUT2D eigenvalue weighted by molar-refractivity contribution is 5.60. The van der Waals surface area contributed by atoms with Gasteiger partial charge in [0.2, 0.25) is 5.95 Å². The van der Waals surface area contributed by atoms with E-state index in [-0.39, 0.29) is 0 Å². The van der Waals surface area contributed by atoms with Crippen molar-refractivity contribution in [2.24, 2.45) is 5.92 Å². The lowest BCUT2D eigenvalue weighted by molar-refractivity contribution is 0.0649. The maximum Gasteiger partial charge on any atom is 0.229 e. The van der Waals surface area contributed by atoms with E-state index in [0.717, 1.165) is 80.9 Å². The van der Waals surface area contributed by atoms with Crippen molar-refractivity contribution in [3.8, 4) is 11.5 Å². The van der Waals surface area contributed by atoms with Gasteiger partial charge in [0.15, 0.2) is 11.5 Å². The van der Waals surface area contributed by atoms with Gasteiger partial charge in [-0.2, -0.15) is 4.98 Å². The minimum absolute atomic E-state index is 0.552. The molecule has 0 spiro atoms. The van der Waals surface area contributed by atoms with Crippen LogP contribution in [0.15, 0.2) is 30.5 Å². The Morgan fingerprint density at radius 2 is 1.97 bits per heavy atom. The third-order valence-corrected chi connectivity index (χ3v) is 6.35. The molecule has 0 bridgehead atoms. The predicted octanol–water partition coefficient (Wildman–Crippen LogP) is 4.32. The predicted molar refractivity (Wildman–Crippen MR) is 131 cm³/mol. The second-order valence-electron chi connectivity index (χ2n) is 8.78. The van der Waals surface area contributed by atoms with E-state index in [2.05, 4.69) is 25.5 Å². The largest absolute Gasteiger partial charge is 0.493 e. The van der Waals surface area contributed by atoms with Gasteiger partial charge in [-0.05, 0) is 75.7 Å². The molecule has 1 aromatic heterocycles. The summed E-state index contributed by atoms with van der Waals surface area (Å²) in [5.41, 5.74) is 0.865. The van der Waals surface area contributed by atoms with Gasteiger partial charge < -0.3 is 29.7 Å². The maximum atomic E-state index is 6.05. The Morgan fingerprint density at radius 3 is 2.79 bits per heavy atom. The summed E-state index contributed by atoms with van der Waals surface area (Å²) < 4.78 is 17.0. The summed E-state index contributed by atoms with van der Waals surface area (Å²) in [7, 11) is 1.66. The molecule has 0 aliphatic carbocycles. The Morgan fingerprint density at radius 1 is 1.12 bits per heavy atom. The second-order valence-corrected chi connectivity index (χ2v) is 8.78. The topological polar surface area (TPSA) is 80.8 Å². The number of methoxy groups -OCH3 is 1. The summed E-state index contributed by atoms with van der Waals surface area (Å²) in [6.45, 7) is 6.86. The summed E-state index contributed by atoms with van der Waals surface area (Å²) in [6.07, 6.45) is 8.84. The fraction of sp³-hybridized carbons (Fsp3) is 0.600. The van der Waals surface area contributed by atoms with Crippen LogP contribution in [0.3, 0.4) is 0 Å². The lowest BCUT2D eigenvalue weighted by atomic mass is 9.97. The highest BCUT2D eigenvalue weighted by Gasteiger charge is 2.14. The Labute approximate surface area is 197 Å². The standard InChI is InChI=1S/C25H37N5O3/c1-31-22-6-5-21(19-23(22)33-16-4-15-30-13-2-3-14-30)28-25-27-12-8-24(29-25)26-11-7-20-9-17-32-18-10-20/h5-6,8,12,19-20H,2-4,7,9-11,13-18H2,1H3,(H2,26,27,28,29). The van der Waals surface area contributed by atoms with E-state index in [4.69, 9.17) is 14.2 Å². The molecule has 8 nitrogen and oxygen atoms in total. The number of likely N-dealkylation sites (tertiary alicyclic amines) is 1. The quantitative estimate of drug-likeness (QED) is 0.458. The van der Waals surface area contributed by atoms with E-state index in [1.165, 1.54) is 25.9 Å². The summed E-state index contributed by atoms with van der Waals surface area (Å²) >= 11 is 0. The number of hydrogen-bond acceptors (Lipinski definition) is 8. The van der Waals surface area contributed by atoms with E-state index in [1.807, 2.05) is 24.3 Å². The van der Waals surface area contributed by atoms with Crippen LogP contribution in [0.1, 0.15) is 38.5 Å². The molecule has 2 aliphatic rings. The van der Waals surface area contributed by atoms with Gasteiger partial charge in [-0.1, -0.05) is 0 Å². The fourth-order valence-electron chi connectivity index (χ4n) is 4.43. The number of nitrogens with zero attached hydrogens (tertiary/aromatic N) is 3. The van der Waals surface area contributed by atoms with E-state index in [1.54, 1.807) is 13.3 Å². The molecule has 0 radical (unpaired) electrons. The lowest BCUT2D eigenvalue weighted by Crippen LogP contribution is -2.21. The van der Waals surface area contributed by atoms with Crippen molar-refractivity contribution in [1.82, 2.24) is 14.9 Å². The third-order valence-electron chi connectivity index (χ3n) is 6.35. The molecule has 2 N–H and O–H groups in total. The monoisotopic (exact) mass is 455 g/mol. The van der Waals surface area contributed by atoms with Crippen molar-refractivity contribution in [3.05, 3.63) is 30.5 Å². The highest BCUT2D eigenvalue weighted by Crippen LogP contribution is 2.31. The van der Waals surface area contributed by atoms with Gasteiger partial charge in [0.1, 0.15) is 5.82 Å². The molecule has 0 saturated carbocycles. The smallest absolute Gasteiger partial charge is 0.229 e. The Balaban J connectivity index is 1.28. The van der Waals surface area contributed by atoms with Gasteiger partial charge in [0, 0.05) is 44.3 Å². The number of nitrogens with one attached hydrogen (secondary N) is 2. The first-order chi connectivity index (χ1) is 16.3. The summed E-state index contributed by atoms with van der Waals surface area (Å²) in [4.78, 5) is 11.5. The van der Waals surface area contributed by atoms with E-state index < -0.39 is 0 Å². The van der Waals surface area contributed by atoms with Crippen LogP contribution in [0, 0.1) is 5.92 Å². The molecule has 2 saturated heterocycles. The molecule has 0 amide bonds. The SMILES string of the molecule is COc1ccc(Nc2nccc(NCCC3CCOCC3)n2)cc1OCCCN1CCCC1. The first-order valence-electron chi connectivity index (χ1n) is 12.2. The number of anilines is 3. The fourth-order valence-corrected chi connectivity index (χ4v) is 4.43. The van der Waals surface area contributed by atoms with Gasteiger partial charge in [-0.15, -0.1) is 0 Å². The Bertz CT molecular complexity index is 854. The van der Waals surface area contributed by atoms with Crippen LogP contribution >= 0.6 is 0 Å². The van der Waals surface area contributed by atoms with Crippen molar-refractivity contribution in [2.45, 2.75) is 38.5 Å². The number of aromatic nitrogens is 2. The maximum absolute atomic E-state index is 6.05. The zero-order valence-electron chi connectivity index (χ0n) is 19.7. The van der Waals surface area contributed by atoms with Gasteiger partial charge in [-0.3, -0.25) is 0 Å². The average molecular weight is 456 g/mol. The molecule has 2 aromatic rings. The van der Waals surface area contributed by atoms with Gasteiger partial charge in [0.25, 0.3) is 0 Å². The van der Waals surface area contributed by atoms with Gasteiger partial charge >= 0.3 is 0 Å². The van der Waals surface area contributed by atoms with Crippen molar-refractivity contribution in [3.63, 3.8) is 0 Å². The molecule has 2 fully saturated rings. The molecule has 180 valence electrons. The molecule has 3 heterocycles. The highest BCUT2D eigenvalue weighted by atomic mass is 16.5. The summed E-state index contributed by atoms with van der Waals surface area (Å²) in [5, 5.41) is 6.71. The molecule has 1 aromatic carbocycles. The minimum atomic E-state index is 0.552. The molecule has 0 unspecified atom stereocenters. The molecular weight excluding hydrogens is 418 g/mol. The van der Waals surface area contributed by atoms with E-state index >= 15 is 0 Å². The number of ether oxygens (including phenoxy) is 3. The molecule has 4 rings (SSSR count). The van der Waals surface area contributed by atoms with Crippen LogP contribution in [-0.2, 0) is 4.74 Å². The number of hydrogen-bond donors (Lipinski definition) is 2. The second kappa shape index (κ2) is 12.6. The van der Waals surface area contributed by atoms with Crippen LogP contribution in [0.25, 0.3) is 0 Å². The van der Waals surface area contributed by atoms with Crippen molar-refractivity contribution in [1.29, 1.82) is 0 Å². The van der Waals surface area contributed by atoms with Crippen molar-refractivity contribution >= 4 is 17.5 Å². The molecule has 33 heavy (non-hydrogen) atoms. The van der Waals surface area contributed by atoms with Crippen LogP contribution in [-0.4, -0.2) is 68.0 Å². The van der Waals surface area contributed by atoms with Crippen LogP contribution in [0.4, 0.5) is 17.5 Å². The molecule has 8 heteroatoms. The summed E-state index contributed by atoms with van der Waals surface area (Å²) in [6, 6.07) is 7.71. The van der Waals surface area contributed by atoms with Crippen molar-refractivity contribution < 1.29 is 14.2 Å². The molecule has 0 atom stereocenters. The first kappa shape index (κ1) is 23.6. The van der Waals surface area contributed by atoms with Crippen LogP contribution < -0.4 is 20.1 Å². The zero-order valence-corrected chi connectivity index (χ0v) is 19.7. The molecular formula is C25H37N5O3. The van der Waals surface area contributed by atoms with E-state index in [0.29, 0.717) is 12.6 Å². The first-order valence-corrected chi connectivity index (χ1v) is 12.2. The zero-order chi connectivity index (χ0) is 22.7. The average Bonchev–Trinajstić information content (AvgIpc) is 3.37. The lowest BCUT2D eigenvalue weighted by Gasteiger charge is -2.22. The van der Waals surface area contributed by atoms with Gasteiger partial charge in [0.05, 0.1) is 13.7 Å². The van der Waals surface area contributed by atoms with Crippen LogP contribution in [0.2, 0.25) is 0 Å². The van der Waals surface area contributed by atoms with E-state index in [9.17, 15) is 0 Å². The third kappa shape index (κ3) is 7.47. The Hall–Kier alpha value is -2.58. The van der Waals surface area contributed by atoms with Gasteiger partial charge in [-0.25, -0.2) is 4.98 Å². The van der Waals surface area contributed by atoms with Crippen molar-refractivity contribution in [2.75, 3.05) is 63.7 Å². The van der Waals surface area contributed by atoms with Crippen LogP contribution in [0.5, 0.6) is 11.5 Å². The molecule has 2 aliphatic heterocycles. The Kier molecular flexibility index (Phi) is 9.00. The number of benzene rings is 1. The number of rotatable bonds is 12. The normalized spacial score (nSPS) is 17.1. The minimum Gasteiger partial charge on any atom is -0.493 e.